The summed E-state index contributed by atoms with van der Waals surface area (Å²) in [5.41, 5.74) is 1.86. The van der Waals surface area contributed by atoms with E-state index in [9.17, 15) is 19.2 Å². The van der Waals surface area contributed by atoms with Crippen molar-refractivity contribution in [1.82, 2.24) is 9.80 Å². The van der Waals surface area contributed by atoms with Crippen molar-refractivity contribution in [3.8, 4) is 5.75 Å². The lowest BCUT2D eigenvalue weighted by Gasteiger charge is -2.44. The van der Waals surface area contributed by atoms with Gasteiger partial charge >= 0.3 is 0 Å². The molecule has 4 heterocycles. The number of fused-ring (bicyclic) bond motifs is 4. The number of carbonyl (C=O) groups excluding carboxylic acids is 4. The van der Waals surface area contributed by atoms with Crippen LogP contribution in [-0.2, 0) is 32.3 Å². The highest BCUT2D eigenvalue weighted by Crippen LogP contribution is 2.58. The molecule has 2 aliphatic heterocycles. The minimum atomic E-state index is -0.574. The lowest BCUT2D eigenvalue weighted by molar-refractivity contribution is -0.142. The molecular weight excluding hydrogens is 572 g/mol. The van der Waals surface area contributed by atoms with E-state index in [0.29, 0.717) is 18.6 Å². The number of amides is 4. The molecule has 3 aromatic rings. The van der Waals surface area contributed by atoms with Crippen LogP contribution >= 0.6 is 22.7 Å². The number of aliphatic hydroxyl groups excluding tert-OH is 1. The molecule has 1 aromatic carbocycles. The van der Waals surface area contributed by atoms with E-state index in [2.05, 4.69) is 6.08 Å². The van der Waals surface area contributed by atoms with Gasteiger partial charge in [-0.2, -0.15) is 0 Å². The second-order valence-electron chi connectivity index (χ2n) is 11.3. The largest absolute Gasteiger partial charge is 0.491 e. The first-order chi connectivity index (χ1) is 20.5. The molecule has 4 aliphatic rings. The number of hydrogen-bond acceptors (Lipinski definition) is 8. The fraction of sp³-hybridized carbons (Fsp3) is 0.375. The lowest BCUT2D eigenvalue weighted by atomic mass is 9.57. The standard InChI is InChI=1S/C32H30N2O6S2/c35-11-12-40-19-7-5-18(6-8-19)26-22-9-10-23-27(31(38)33(29(23)36)16-20-3-1-13-41-20)24(22)15-25-28(26)32(39)34(30(25)37)17-21-4-2-14-42-21/h1-9,13-14,23-28,35H,10-12,15-17H2. The minimum Gasteiger partial charge on any atom is -0.491 e. The van der Waals surface area contributed by atoms with Gasteiger partial charge in [-0.25, -0.2) is 0 Å². The molecule has 6 atom stereocenters. The molecule has 0 radical (unpaired) electrons. The van der Waals surface area contributed by atoms with Crippen molar-refractivity contribution in [2.45, 2.75) is 31.8 Å². The van der Waals surface area contributed by atoms with Crippen molar-refractivity contribution in [3.05, 3.63) is 86.3 Å². The predicted molar refractivity (Wildman–Crippen MR) is 156 cm³/mol. The summed E-state index contributed by atoms with van der Waals surface area (Å²) >= 11 is 3.03. The van der Waals surface area contributed by atoms with Crippen LogP contribution in [0.1, 0.15) is 34.1 Å². The molecule has 2 aliphatic carbocycles. The smallest absolute Gasteiger partial charge is 0.234 e. The summed E-state index contributed by atoms with van der Waals surface area (Å²) in [6.07, 6.45) is 2.89. The number of hydrogen-bond donors (Lipinski definition) is 1. The fourth-order valence-corrected chi connectivity index (χ4v) is 8.84. The maximum atomic E-state index is 14.0. The van der Waals surface area contributed by atoms with Crippen LogP contribution < -0.4 is 4.74 Å². The van der Waals surface area contributed by atoms with Crippen molar-refractivity contribution >= 4 is 46.3 Å². The molecule has 1 saturated carbocycles. The van der Waals surface area contributed by atoms with Crippen LogP contribution in [0.5, 0.6) is 5.75 Å². The maximum Gasteiger partial charge on any atom is 0.234 e. The molecule has 0 bridgehead atoms. The summed E-state index contributed by atoms with van der Waals surface area (Å²) in [5.74, 6) is -2.92. The van der Waals surface area contributed by atoms with E-state index in [4.69, 9.17) is 9.84 Å². The summed E-state index contributed by atoms with van der Waals surface area (Å²) in [4.78, 5) is 60.0. The van der Waals surface area contributed by atoms with Crippen molar-refractivity contribution in [1.29, 1.82) is 0 Å². The van der Waals surface area contributed by atoms with Gasteiger partial charge in [0.15, 0.2) is 0 Å². The molecule has 0 spiro atoms. The number of imide groups is 2. The number of likely N-dealkylation sites (tertiary alicyclic amines) is 2. The van der Waals surface area contributed by atoms with Gasteiger partial charge in [-0.3, -0.25) is 29.0 Å². The van der Waals surface area contributed by atoms with Crippen LogP contribution in [0.2, 0.25) is 0 Å². The van der Waals surface area contributed by atoms with Crippen LogP contribution in [0, 0.1) is 29.6 Å². The van der Waals surface area contributed by atoms with Crippen LogP contribution in [0.15, 0.2) is 70.9 Å². The van der Waals surface area contributed by atoms with E-state index in [1.807, 2.05) is 59.3 Å². The number of allylic oxidation sites excluding steroid dienone is 2. The molecule has 2 saturated heterocycles. The molecule has 7 rings (SSSR count). The number of carbonyl (C=O) groups is 4. The molecule has 3 fully saturated rings. The first-order valence-electron chi connectivity index (χ1n) is 14.2. The Labute approximate surface area is 251 Å². The second-order valence-corrected chi connectivity index (χ2v) is 13.4. The summed E-state index contributed by atoms with van der Waals surface area (Å²) in [6, 6.07) is 15.1. The number of aliphatic hydroxyl groups is 1. The molecule has 10 heteroatoms. The monoisotopic (exact) mass is 602 g/mol. The van der Waals surface area contributed by atoms with Crippen molar-refractivity contribution in [2.24, 2.45) is 29.6 Å². The summed E-state index contributed by atoms with van der Waals surface area (Å²) in [6.45, 7) is 0.580. The summed E-state index contributed by atoms with van der Waals surface area (Å²) in [5, 5.41) is 13.0. The van der Waals surface area contributed by atoms with E-state index in [1.54, 1.807) is 0 Å². The van der Waals surface area contributed by atoms with Crippen LogP contribution in [0.25, 0.3) is 0 Å². The van der Waals surface area contributed by atoms with E-state index in [1.165, 1.54) is 32.5 Å². The van der Waals surface area contributed by atoms with Gasteiger partial charge in [-0.1, -0.05) is 35.9 Å². The number of benzene rings is 1. The first kappa shape index (κ1) is 27.2. The van der Waals surface area contributed by atoms with Gasteiger partial charge in [0, 0.05) is 15.7 Å². The van der Waals surface area contributed by atoms with Crippen molar-refractivity contribution < 1.29 is 29.0 Å². The fourth-order valence-electron chi connectivity index (χ4n) is 7.46. The molecule has 1 N–H and O–H groups in total. The van der Waals surface area contributed by atoms with Crippen LogP contribution in [0.3, 0.4) is 0 Å². The molecule has 2 aromatic heterocycles. The van der Waals surface area contributed by atoms with E-state index >= 15 is 0 Å². The Morgan fingerprint density at radius 1 is 0.762 bits per heavy atom. The zero-order valence-corrected chi connectivity index (χ0v) is 24.4. The summed E-state index contributed by atoms with van der Waals surface area (Å²) in [7, 11) is 0. The van der Waals surface area contributed by atoms with Crippen molar-refractivity contribution in [3.63, 3.8) is 0 Å². The van der Waals surface area contributed by atoms with E-state index < -0.39 is 23.7 Å². The van der Waals surface area contributed by atoms with Crippen molar-refractivity contribution in [2.75, 3.05) is 13.2 Å². The van der Waals surface area contributed by atoms with Gasteiger partial charge in [0.25, 0.3) is 0 Å². The molecule has 4 amide bonds. The van der Waals surface area contributed by atoms with Gasteiger partial charge in [0.05, 0.1) is 43.4 Å². The van der Waals surface area contributed by atoms with Crippen LogP contribution in [-0.4, -0.2) is 51.7 Å². The molecule has 42 heavy (non-hydrogen) atoms. The second kappa shape index (κ2) is 10.9. The van der Waals surface area contributed by atoms with Gasteiger partial charge < -0.3 is 9.84 Å². The van der Waals surface area contributed by atoms with Crippen LogP contribution in [0.4, 0.5) is 0 Å². The Morgan fingerprint density at radius 2 is 1.38 bits per heavy atom. The van der Waals surface area contributed by atoms with Gasteiger partial charge in [-0.15, -0.1) is 22.7 Å². The lowest BCUT2D eigenvalue weighted by Crippen LogP contribution is -2.43. The van der Waals surface area contributed by atoms with E-state index in [0.717, 1.165) is 20.9 Å². The Bertz CT molecular complexity index is 1550. The molecule has 6 unspecified atom stereocenters. The third kappa shape index (κ3) is 4.44. The zero-order chi connectivity index (χ0) is 29.0. The van der Waals surface area contributed by atoms with Gasteiger partial charge in [0.1, 0.15) is 12.4 Å². The Hall–Kier alpha value is -3.60. The number of nitrogens with zero attached hydrogens (tertiary/aromatic N) is 2. The highest BCUT2D eigenvalue weighted by atomic mass is 32.1. The quantitative estimate of drug-likeness (QED) is 0.306. The maximum absolute atomic E-state index is 14.0. The van der Waals surface area contributed by atoms with Gasteiger partial charge in [-0.05, 0) is 59.3 Å². The van der Waals surface area contributed by atoms with E-state index in [-0.39, 0.29) is 61.8 Å². The highest BCUT2D eigenvalue weighted by molar-refractivity contribution is 7.10. The average molecular weight is 603 g/mol. The third-order valence-corrected chi connectivity index (χ3v) is 10.9. The SMILES string of the molecule is O=C1C2CC=C3C(CC4C(=O)N(Cc5cccs5)C(=O)C4C3c3ccc(OCCO)cc3)C2C(=O)N1Cc1cccs1. The number of ether oxygens (including phenoxy) is 1. The molecular formula is C32H30N2O6S2. The average Bonchev–Trinajstić information content (AvgIpc) is 3.80. The third-order valence-electron chi connectivity index (χ3n) is 9.22. The molecule has 8 nitrogen and oxygen atoms in total. The predicted octanol–water partition coefficient (Wildman–Crippen LogP) is 4.22. The molecule has 216 valence electrons. The normalized spacial score (nSPS) is 28.5. The Balaban J connectivity index is 1.26. The minimum absolute atomic E-state index is 0.0990. The van der Waals surface area contributed by atoms with Gasteiger partial charge in [0.2, 0.25) is 23.6 Å². The number of rotatable bonds is 8. The zero-order valence-electron chi connectivity index (χ0n) is 22.8. The topological polar surface area (TPSA) is 104 Å². The first-order valence-corrected chi connectivity index (χ1v) is 16.0. The highest BCUT2D eigenvalue weighted by Gasteiger charge is 2.61. The Kier molecular flexibility index (Phi) is 7.08. The number of thiophene rings is 2. The summed E-state index contributed by atoms with van der Waals surface area (Å²) < 4.78 is 5.56. The Morgan fingerprint density at radius 3 is 1.98 bits per heavy atom.